The lowest BCUT2D eigenvalue weighted by molar-refractivity contribution is 0.317. The lowest BCUT2D eigenvalue weighted by Gasteiger charge is -2.18. The van der Waals surface area contributed by atoms with Crippen molar-refractivity contribution in [2.45, 2.75) is 38.3 Å². The van der Waals surface area contributed by atoms with Crippen molar-refractivity contribution < 1.29 is 0 Å². The van der Waals surface area contributed by atoms with E-state index in [0.29, 0.717) is 0 Å². The van der Waals surface area contributed by atoms with Gasteiger partial charge in [-0.1, -0.05) is 12.8 Å². The minimum atomic E-state index is 0.790. The van der Waals surface area contributed by atoms with Crippen molar-refractivity contribution in [3.63, 3.8) is 0 Å². The van der Waals surface area contributed by atoms with E-state index in [-0.39, 0.29) is 0 Å². The van der Waals surface area contributed by atoms with Crippen molar-refractivity contribution in [1.82, 2.24) is 10.2 Å². The molecule has 0 aliphatic heterocycles. The number of hydrogen-bond donors (Lipinski definition) is 1. The number of hydrogen-bond acceptors (Lipinski definition) is 3. The van der Waals surface area contributed by atoms with Crippen LogP contribution in [0.4, 0.5) is 0 Å². The van der Waals surface area contributed by atoms with Crippen LogP contribution in [0.25, 0.3) is 0 Å². The molecule has 1 fully saturated rings. The third-order valence-corrected chi connectivity index (χ3v) is 4.91. The van der Waals surface area contributed by atoms with E-state index in [2.05, 4.69) is 44.6 Å². The average molecular weight is 317 g/mol. The van der Waals surface area contributed by atoms with Gasteiger partial charge < -0.3 is 10.2 Å². The normalized spacial score (nSPS) is 17.1. The summed E-state index contributed by atoms with van der Waals surface area (Å²) in [6.45, 7) is 3.30. The van der Waals surface area contributed by atoms with Gasteiger partial charge >= 0.3 is 0 Å². The number of rotatable bonds is 6. The van der Waals surface area contributed by atoms with E-state index in [1.54, 1.807) is 11.3 Å². The van der Waals surface area contributed by atoms with Crippen molar-refractivity contribution in [3.05, 3.63) is 20.8 Å². The van der Waals surface area contributed by atoms with Crippen LogP contribution < -0.4 is 5.32 Å². The monoisotopic (exact) mass is 316 g/mol. The second-order valence-corrected chi connectivity index (χ2v) is 7.22. The molecule has 1 aromatic heterocycles. The highest BCUT2D eigenvalue weighted by atomic mass is 79.9. The SMILES string of the molecule is CN(CCNC1CCCC1)Cc1csc(Br)c1. The molecule has 17 heavy (non-hydrogen) atoms. The summed E-state index contributed by atoms with van der Waals surface area (Å²) in [5.41, 5.74) is 1.41. The molecule has 0 saturated heterocycles. The zero-order valence-corrected chi connectivity index (χ0v) is 12.8. The Morgan fingerprint density at radius 3 is 2.88 bits per heavy atom. The van der Waals surface area contributed by atoms with E-state index in [1.807, 2.05) is 0 Å². The van der Waals surface area contributed by atoms with Crippen LogP contribution in [0, 0.1) is 0 Å². The van der Waals surface area contributed by atoms with Crippen LogP contribution in [-0.4, -0.2) is 31.1 Å². The van der Waals surface area contributed by atoms with Gasteiger partial charge in [0.25, 0.3) is 0 Å². The Morgan fingerprint density at radius 2 is 2.24 bits per heavy atom. The Morgan fingerprint density at radius 1 is 1.47 bits per heavy atom. The van der Waals surface area contributed by atoms with Crippen LogP contribution in [0.15, 0.2) is 15.2 Å². The van der Waals surface area contributed by atoms with E-state index < -0.39 is 0 Å². The van der Waals surface area contributed by atoms with E-state index in [1.165, 1.54) is 35.0 Å². The van der Waals surface area contributed by atoms with Crippen molar-refractivity contribution in [3.8, 4) is 0 Å². The summed E-state index contributed by atoms with van der Waals surface area (Å²) in [7, 11) is 2.20. The Bertz CT molecular complexity index is 334. The Labute approximate surface area is 117 Å². The molecular formula is C13H21BrN2S. The van der Waals surface area contributed by atoms with Gasteiger partial charge in [0.05, 0.1) is 3.79 Å². The molecule has 0 amide bonds. The van der Waals surface area contributed by atoms with Crippen molar-refractivity contribution in [2.24, 2.45) is 0 Å². The van der Waals surface area contributed by atoms with E-state index >= 15 is 0 Å². The summed E-state index contributed by atoms with van der Waals surface area (Å²) in [5, 5.41) is 5.88. The average Bonchev–Trinajstić information content (AvgIpc) is 2.90. The van der Waals surface area contributed by atoms with Gasteiger partial charge in [-0.15, -0.1) is 11.3 Å². The zero-order chi connectivity index (χ0) is 12.1. The van der Waals surface area contributed by atoms with Gasteiger partial charge in [-0.25, -0.2) is 0 Å². The maximum atomic E-state index is 3.66. The van der Waals surface area contributed by atoms with E-state index in [9.17, 15) is 0 Å². The van der Waals surface area contributed by atoms with Crippen molar-refractivity contribution >= 4 is 27.3 Å². The standard InChI is InChI=1S/C13H21BrN2S/c1-16(9-11-8-13(14)17-10-11)7-6-15-12-4-2-3-5-12/h8,10,12,15H,2-7,9H2,1H3. The van der Waals surface area contributed by atoms with Gasteiger partial charge in [0.15, 0.2) is 0 Å². The molecule has 1 N–H and O–H groups in total. The molecule has 2 rings (SSSR count). The minimum absolute atomic E-state index is 0.790. The highest BCUT2D eigenvalue weighted by Gasteiger charge is 2.13. The lowest BCUT2D eigenvalue weighted by Crippen LogP contribution is -2.34. The Hall–Kier alpha value is 0.100. The molecule has 1 aliphatic rings. The summed E-state index contributed by atoms with van der Waals surface area (Å²) in [6, 6.07) is 3.00. The van der Waals surface area contributed by atoms with Gasteiger partial charge in [0, 0.05) is 25.7 Å². The third kappa shape index (κ3) is 4.70. The van der Waals surface area contributed by atoms with Gasteiger partial charge in [-0.3, -0.25) is 0 Å². The number of thiophene rings is 1. The summed E-state index contributed by atoms with van der Waals surface area (Å²) in [6.07, 6.45) is 5.58. The fraction of sp³-hybridized carbons (Fsp3) is 0.692. The lowest BCUT2D eigenvalue weighted by atomic mass is 10.2. The van der Waals surface area contributed by atoms with Crippen LogP contribution in [-0.2, 0) is 6.54 Å². The van der Waals surface area contributed by atoms with Crippen molar-refractivity contribution in [1.29, 1.82) is 0 Å². The summed E-state index contributed by atoms with van der Waals surface area (Å²) in [5.74, 6) is 0. The number of halogens is 1. The first-order valence-corrected chi connectivity index (χ1v) is 8.06. The first kappa shape index (κ1) is 13.5. The second kappa shape index (κ2) is 6.88. The predicted octanol–water partition coefficient (Wildman–Crippen LogP) is 3.47. The highest BCUT2D eigenvalue weighted by Crippen LogP contribution is 2.21. The van der Waals surface area contributed by atoms with Gasteiger partial charge in [0.2, 0.25) is 0 Å². The van der Waals surface area contributed by atoms with Crippen LogP contribution in [0.2, 0.25) is 0 Å². The summed E-state index contributed by atoms with van der Waals surface area (Å²) < 4.78 is 1.23. The van der Waals surface area contributed by atoms with Gasteiger partial charge in [-0.05, 0) is 52.8 Å². The fourth-order valence-electron chi connectivity index (χ4n) is 2.41. The molecule has 0 bridgehead atoms. The van der Waals surface area contributed by atoms with Gasteiger partial charge in [0.1, 0.15) is 0 Å². The largest absolute Gasteiger partial charge is 0.313 e. The third-order valence-electron chi connectivity index (χ3n) is 3.36. The predicted molar refractivity (Wildman–Crippen MR) is 78.6 cm³/mol. The van der Waals surface area contributed by atoms with Crippen LogP contribution in [0.3, 0.4) is 0 Å². The topological polar surface area (TPSA) is 15.3 Å². The highest BCUT2D eigenvalue weighted by molar-refractivity contribution is 9.11. The number of likely N-dealkylation sites (N-methyl/N-ethyl adjacent to an activating group) is 1. The van der Waals surface area contributed by atoms with Crippen LogP contribution >= 0.6 is 27.3 Å². The molecule has 1 saturated carbocycles. The minimum Gasteiger partial charge on any atom is -0.313 e. The molecular weight excluding hydrogens is 296 g/mol. The molecule has 0 radical (unpaired) electrons. The maximum Gasteiger partial charge on any atom is 0.0701 e. The van der Waals surface area contributed by atoms with Gasteiger partial charge in [-0.2, -0.15) is 0 Å². The molecule has 1 heterocycles. The molecule has 0 atom stereocenters. The molecule has 4 heteroatoms. The first-order chi connectivity index (χ1) is 8.24. The first-order valence-electron chi connectivity index (χ1n) is 6.39. The molecule has 0 aromatic carbocycles. The maximum absolute atomic E-state index is 3.66. The van der Waals surface area contributed by atoms with Crippen LogP contribution in [0.5, 0.6) is 0 Å². The Balaban J connectivity index is 1.61. The van der Waals surface area contributed by atoms with E-state index in [4.69, 9.17) is 0 Å². The molecule has 0 spiro atoms. The fourth-order valence-corrected chi connectivity index (χ4v) is 3.61. The zero-order valence-electron chi connectivity index (χ0n) is 10.4. The molecule has 2 nitrogen and oxygen atoms in total. The molecule has 0 unspecified atom stereocenters. The van der Waals surface area contributed by atoms with E-state index in [0.717, 1.165) is 25.7 Å². The van der Waals surface area contributed by atoms with Crippen molar-refractivity contribution in [2.75, 3.05) is 20.1 Å². The second-order valence-electron chi connectivity index (χ2n) is 4.93. The Kier molecular flexibility index (Phi) is 5.48. The quantitative estimate of drug-likeness (QED) is 0.864. The van der Waals surface area contributed by atoms with Crippen LogP contribution in [0.1, 0.15) is 31.2 Å². The summed E-state index contributed by atoms with van der Waals surface area (Å²) in [4.78, 5) is 2.39. The molecule has 1 aromatic rings. The summed E-state index contributed by atoms with van der Waals surface area (Å²) >= 11 is 5.27. The molecule has 96 valence electrons. The smallest absolute Gasteiger partial charge is 0.0701 e. The number of nitrogens with one attached hydrogen (secondary N) is 1. The number of nitrogens with zero attached hydrogens (tertiary/aromatic N) is 1. The molecule has 1 aliphatic carbocycles.